The van der Waals surface area contributed by atoms with Gasteiger partial charge < -0.3 is 14.4 Å². The molecule has 3 aromatic rings. The first-order valence-corrected chi connectivity index (χ1v) is 10.4. The second kappa shape index (κ2) is 9.95. The molecule has 1 aliphatic heterocycles. The van der Waals surface area contributed by atoms with Crippen LogP contribution < -0.4 is 14.4 Å². The molecule has 1 fully saturated rings. The van der Waals surface area contributed by atoms with Crippen LogP contribution in [0.4, 0.5) is 5.69 Å². The molecule has 4 rings (SSSR count). The Balaban J connectivity index is 1.56. The number of carbonyl (C=O) groups is 3. The molecular formula is C25H23N3O5. The minimum atomic E-state index is -0.938. The number of anilines is 1. The second-order valence-electron chi connectivity index (χ2n) is 7.47. The van der Waals surface area contributed by atoms with Crippen molar-refractivity contribution in [1.29, 1.82) is 0 Å². The van der Waals surface area contributed by atoms with Crippen molar-refractivity contribution >= 4 is 23.4 Å². The summed E-state index contributed by atoms with van der Waals surface area (Å²) in [6.45, 7) is -0.129. The van der Waals surface area contributed by atoms with Crippen LogP contribution in [0.2, 0.25) is 0 Å². The van der Waals surface area contributed by atoms with Crippen molar-refractivity contribution in [2.24, 2.45) is 0 Å². The topological polar surface area (TPSA) is 89.0 Å². The van der Waals surface area contributed by atoms with Gasteiger partial charge in [0.05, 0.1) is 19.2 Å². The molecule has 2 aromatic carbocycles. The third kappa shape index (κ3) is 5.01. The number of imide groups is 1. The van der Waals surface area contributed by atoms with E-state index in [1.54, 1.807) is 67.0 Å². The van der Waals surface area contributed by atoms with Crippen LogP contribution >= 0.6 is 0 Å². The summed E-state index contributed by atoms with van der Waals surface area (Å²) in [5, 5.41) is 0. The Morgan fingerprint density at radius 1 is 1.03 bits per heavy atom. The van der Waals surface area contributed by atoms with E-state index >= 15 is 0 Å². The maximum Gasteiger partial charge on any atom is 0.261 e. The summed E-state index contributed by atoms with van der Waals surface area (Å²) < 4.78 is 10.8. The van der Waals surface area contributed by atoms with Crippen LogP contribution in [0.15, 0.2) is 79.1 Å². The molecule has 3 amide bonds. The van der Waals surface area contributed by atoms with Gasteiger partial charge in [-0.15, -0.1) is 0 Å². The van der Waals surface area contributed by atoms with Crippen LogP contribution in [0.25, 0.3) is 0 Å². The molecule has 1 saturated heterocycles. The molecule has 168 valence electrons. The Morgan fingerprint density at radius 3 is 2.45 bits per heavy atom. The Hall–Kier alpha value is -4.20. The van der Waals surface area contributed by atoms with E-state index in [0.717, 1.165) is 10.5 Å². The monoisotopic (exact) mass is 445 g/mol. The Morgan fingerprint density at radius 2 is 1.79 bits per heavy atom. The molecule has 0 bridgehead atoms. The summed E-state index contributed by atoms with van der Waals surface area (Å²) in [4.78, 5) is 45.9. The van der Waals surface area contributed by atoms with Gasteiger partial charge in [-0.2, -0.15) is 0 Å². The highest BCUT2D eigenvalue weighted by atomic mass is 16.5. The number of amides is 3. The van der Waals surface area contributed by atoms with E-state index in [2.05, 4.69) is 4.98 Å². The van der Waals surface area contributed by atoms with Crippen molar-refractivity contribution in [3.8, 4) is 11.5 Å². The van der Waals surface area contributed by atoms with Crippen molar-refractivity contribution in [2.75, 3.05) is 18.6 Å². The highest BCUT2D eigenvalue weighted by Crippen LogP contribution is 2.28. The number of methoxy groups -OCH3 is 1. The van der Waals surface area contributed by atoms with Crippen LogP contribution in [0, 0.1) is 0 Å². The van der Waals surface area contributed by atoms with Gasteiger partial charge in [0, 0.05) is 18.9 Å². The van der Waals surface area contributed by atoms with E-state index in [1.165, 1.54) is 12.0 Å². The van der Waals surface area contributed by atoms with Crippen molar-refractivity contribution in [3.05, 3.63) is 84.7 Å². The van der Waals surface area contributed by atoms with Gasteiger partial charge in [-0.3, -0.25) is 19.4 Å². The molecule has 33 heavy (non-hydrogen) atoms. The number of carbonyl (C=O) groups excluding carboxylic acids is 3. The molecule has 2 heterocycles. The second-order valence-corrected chi connectivity index (χ2v) is 7.47. The van der Waals surface area contributed by atoms with Gasteiger partial charge in [0.2, 0.25) is 5.91 Å². The molecule has 1 unspecified atom stereocenters. The number of nitrogens with zero attached hydrogens (tertiary/aromatic N) is 3. The number of pyridine rings is 1. The van der Waals surface area contributed by atoms with Gasteiger partial charge in [-0.25, -0.2) is 4.90 Å². The lowest BCUT2D eigenvalue weighted by molar-refractivity contribution is -0.140. The van der Waals surface area contributed by atoms with Crippen LogP contribution in [0.1, 0.15) is 12.0 Å². The van der Waals surface area contributed by atoms with Crippen LogP contribution in [-0.4, -0.2) is 47.4 Å². The molecule has 0 N–H and O–H groups in total. The Labute approximate surface area is 191 Å². The van der Waals surface area contributed by atoms with Gasteiger partial charge >= 0.3 is 0 Å². The minimum Gasteiger partial charge on any atom is -0.497 e. The molecule has 0 spiro atoms. The highest BCUT2D eigenvalue weighted by Gasteiger charge is 2.44. The highest BCUT2D eigenvalue weighted by molar-refractivity contribution is 6.23. The predicted molar refractivity (Wildman–Crippen MR) is 121 cm³/mol. The Bertz CT molecular complexity index is 1120. The molecule has 1 aromatic heterocycles. The molecule has 8 heteroatoms. The first-order chi connectivity index (χ1) is 16.1. The van der Waals surface area contributed by atoms with Crippen LogP contribution in [0.3, 0.4) is 0 Å². The molecular weight excluding hydrogens is 422 g/mol. The fourth-order valence-corrected chi connectivity index (χ4v) is 3.67. The summed E-state index contributed by atoms with van der Waals surface area (Å²) in [5.41, 5.74) is 1.18. The zero-order chi connectivity index (χ0) is 23.2. The number of benzene rings is 2. The standard InChI is InChI=1S/C25H23N3O5/c1-32-20-11-9-19(10-12-20)28-23(29)14-22(25(28)31)27(16-18-6-5-13-26-15-18)24(30)17-33-21-7-3-2-4-8-21/h2-13,15,22H,14,16-17H2,1H3. The summed E-state index contributed by atoms with van der Waals surface area (Å²) in [7, 11) is 1.54. The third-order valence-electron chi connectivity index (χ3n) is 5.33. The first-order valence-electron chi connectivity index (χ1n) is 10.4. The minimum absolute atomic E-state index is 0.109. The first kappa shape index (κ1) is 22.0. The average Bonchev–Trinajstić information content (AvgIpc) is 3.15. The lowest BCUT2D eigenvalue weighted by atomic mass is 10.1. The largest absolute Gasteiger partial charge is 0.497 e. The zero-order valence-corrected chi connectivity index (χ0v) is 18.1. The quantitative estimate of drug-likeness (QED) is 0.496. The van der Waals surface area contributed by atoms with Gasteiger partial charge in [0.1, 0.15) is 17.5 Å². The number of rotatable bonds is 8. The maximum atomic E-state index is 13.3. The zero-order valence-electron chi connectivity index (χ0n) is 18.1. The third-order valence-corrected chi connectivity index (χ3v) is 5.33. The normalized spacial score (nSPS) is 15.4. The lowest BCUT2D eigenvalue weighted by Crippen LogP contribution is -2.46. The summed E-state index contributed by atoms with van der Waals surface area (Å²) >= 11 is 0. The van der Waals surface area contributed by atoms with Crippen molar-refractivity contribution in [3.63, 3.8) is 0 Å². The van der Waals surface area contributed by atoms with E-state index in [-0.39, 0.29) is 25.5 Å². The van der Waals surface area contributed by atoms with Crippen molar-refractivity contribution < 1.29 is 23.9 Å². The summed E-state index contributed by atoms with van der Waals surface area (Å²) in [6.07, 6.45) is 3.15. The van der Waals surface area contributed by atoms with Crippen molar-refractivity contribution in [1.82, 2.24) is 9.88 Å². The number of para-hydroxylation sites is 1. The molecule has 1 aliphatic rings. The number of hydrogen-bond acceptors (Lipinski definition) is 6. The molecule has 0 saturated carbocycles. The Kier molecular flexibility index (Phi) is 6.64. The van der Waals surface area contributed by atoms with E-state index in [1.807, 2.05) is 12.1 Å². The fourth-order valence-electron chi connectivity index (χ4n) is 3.67. The SMILES string of the molecule is COc1ccc(N2C(=O)CC(N(Cc3cccnc3)C(=O)COc3ccccc3)C2=O)cc1. The summed E-state index contributed by atoms with van der Waals surface area (Å²) in [5.74, 6) is -0.0719. The average molecular weight is 445 g/mol. The van der Waals surface area contributed by atoms with E-state index < -0.39 is 17.9 Å². The maximum absolute atomic E-state index is 13.3. The van der Waals surface area contributed by atoms with Gasteiger partial charge in [0.25, 0.3) is 11.8 Å². The number of aromatic nitrogens is 1. The molecule has 1 atom stereocenters. The van der Waals surface area contributed by atoms with Crippen LogP contribution in [-0.2, 0) is 20.9 Å². The van der Waals surface area contributed by atoms with Gasteiger partial charge in [0.15, 0.2) is 6.61 Å². The van der Waals surface area contributed by atoms with E-state index in [9.17, 15) is 14.4 Å². The lowest BCUT2D eigenvalue weighted by Gasteiger charge is -2.27. The van der Waals surface area contributed by atoms with Gasteiger partial charge in [-0.05, 0) is 48.0 Å². The molecule has 0 aliphatic carbocycles. The number of ether oxygens (including phenoxy) is 2. The summed E-state index contributed by atoms with van der Waals surface area (Å²) in [6, 6.07) is 18.2. The van der Waals surface area contributed by atoms with Gasteiger partial charge in [-0.1, -0.05) is 24.3 Å². The van der Waals surface area contributed by atoms with Crippen molar-refractivity contribution in [2.45, 2.75) is 19.0 Å². The van der Waals surface area contributed by atoms with Crippen LogP contribution in [0.5, 0.6) is 11.5 Å². The molecule has 8 nitrogen and oxygen atoms in total. The van der Waals surface area contributed by atoms with E-state index in [4.69, 9.17) is 9.47 Å². The molecule has 0 radical (unpaired) electrons. The fraction of sp³-hybridized carbons (Fsp3) is 0.200. The predicted octanol–water partition coefficient (Wildman–Crippen LogP) is 2.83. The smallest absolute Gasteiger partial charge is 0.261 e. The van der Waals surface area contributed by atoms with E-state index in [0.29, 0.717) is 17.2 Å². The number of hydrogen-bond donors (Lipinski definition) is 0.